The van der Waals surface area contributed by atoms with E-state index in [9.17, 15) is 10.1 Å². The number of fused-ring (bicyclic) bond motifs is 1. The maximum Gasteiger partial charge on any atom is 0.273 e. The minimum atomic E-state index is -0.475. The number of hydrogen-bond acceptors (Lipinski definition) is 7. The molecule has 9 nitrogen and oxygen atoms in total. The summed E-state index contributed by atoms with van der Waals surface area (Å²) in [6.07, 6.45) is 5.04. The van der Waals surface area contributed by atoms with Crippen LogP contribution < -0.4 is 4.74 Å². The Morgan fingerprint density at radius 3 is 2.82 bits per heavy atom. The standard InChI is InChI=1S/C23H15BrN4O5/c1-31-20-11-15(28(29)30)5-7-17(20)18-8-6-16(33-18)12-25-23-22(19-3-2-10-32-19)26-21-9-4-14(24)13-27(21)23/h2-13H,1H3. The van der Waals surface area contributed by atoms with Gasteiger partial charge in [0.05, 0.1) is 36.1 Å². The number of benzene rings is 1. The Kier molecular flexibility index (Phi) is 5.27. The Balaban J connectivity index is 1.53. The first kappa shape index (κ1) is 20.7. The van der Waals surface area contributed by atoms with Crippen LogP contribution in [-0.2, 0) is 0 Å². The van der Waals surface area contributed by atoms with Gasteiger partial charge in [-0.1, -0.05) is 0 Å². The summed E-state index contributed by atoms with van der Waals surface area (Å²) in [6.45, 7) is 0. The van der Waals surface area contributed by atoms with Crippen molar-refractivity contribution in [3.8, 4) is 28.5 Å². The van der Waals surface area contributed by atoms with Crippen LogP contribution in [0.25, 0.3) is 28.4 Å². The molecular weight excluding hydrogens is 492 g/mol. The third kappa shape index (κ3) is 3.92. The van der Waals surface area contributed by atoms with E-state index in [2.05, 4.69) is 25.9 Å². The summed E-state index contributed by atoms with van der Waals surface area (Å²) in [6, 6.07) is 15.3. The van der Waals surface area contributed by atoms with Crippen molar-refractivity contribution in [3.63, 3.8) is 0 Å². The largest absolute Gasteiger partial charge is 0.496 e. The number of nitro groups is 1. The van der Waals surface area contributed by atoms with E-state index in [0.717, 1.165) is 4.47 Å². The molecule has 0 spiro atoms. The first-order chi connectivity index (χ1) is 16.0. The van der Waals surface area contributed by atoms with Crippen molar-refractivity contribution in [3.05, 3.63) is 87.4 Å². The zero-order valence-corrected chi connectivity index (χ0v) is 18.7. The van der Waals surface area contributed by atoms with E-state index in [1.807, 2.05) is 28.8 Å². The van der Waals surface area contributed by atoms with Crippen molar-refractivity contribution in [1.82, 2.24) is 9.38 Å². The first-order valence-corrected chi connectivity index (χ1v) is 10.5. The molecule has 4 aromatic heterocycles. The maximum atomic E-state index is 11.0. The molecule has 4 heterocycles. The van der Waals surface area contributed by atoms with Gasteiger partial charge >= 0.3 is 0 Å². The normalized spacial score (nSPS) is 11.5. The fourth-order valence-electron chi connectivity index (χ4n) is 3.40. The molecule has 1 aromatic carbocycles. The van der Waals surface area contributed by atoms with Gasteiger partial charge in [-0.2, -0.15) is 0 Å². The summed E-state index contributed by atoms with van der Waals surface area (Å²) < 4.78 is 19.5. The van der Waals surface area contributed by atoms with Gasteiger partial charge in [-0.15, -0.1) is 0 Å². The molecule has 33 heavy (non-hydrogen) atoms. The van der Waals surface area contributed by atoms with Gasteiger partial charge in [0.15, 0.2) is 17.3 Å². The van der Waals surface area contributed by atoms with E-state index in [1.165, 1.54) is 19.2 Å². The van der Waals surface area contributed by atoms with E-state index in [0.29, 0.717) is 45.8 Å². The SMILES string of the molecule is COc1cc([N+](=O)[O-])ccc1-c1ccc(C=Nc2c(-c3ccco3)nc3ccc(Br)cn23)o1. The topological polar surface area (TPSA) is 108 Å². The predicted octanol–water partition coefficient (Wildman–Crippen LogP) is 6.28. The number of aromatic nitrogens is 2. The van der Waals surface area contributed by atoms with Crippen LogP contribution >= 0.6 is 15.9 Å². The highest BCUT2D eigenvalue weighted by Gasteiger charge is 2.17. The number of halogens is 1. The molecule has 0 saturated heterocycles. The predicted molar refractivity (Wildman–Crippen MR) is 125 cm³/mol. The van der Waals surface area contributed by atoms with Gasteiger partial charge in [0.2, 0.25) is 0 Å². The lowest BCUT2D eigenvalue weighted by atomic mass is 10.1. The van der Waals surface area contributed by atoms with Crippen molar-refractivity contribution >= 4 is 39.3 Å². The maximum absolute atomic E-state index is 11.0. The Labute approximate surface area is 195 Å². The number of hydrogen-bond donors (Lipinski definition) is 0. The van der Waals surface area contributed by atoms with Gasteiger partial charge in [-0.05, 0) is 58.4 Å². The van der Waals surface area contributed by atoms with E-state index in [1.54, 1.807) is 36.7 Å². The quantitative estimate of drug-likeness (QED) is 0.152. The molecule has 0 amide bonds. The number of imidazole rings is 1. The lowest BCUT2D eigenvalue weighted by Crippen LogP contribution is -1.92. The van der Waals surface area contributed by atoms with E-state index in [-0.39, 0.29) is 5.69 Å². The molecule has 0 saturated carbocycles. The summed E-state index contributed by atoms with van der Waals surface area (Å²) in [7, 11) is 1.45. The minimum absolute atomic E-state index is 0.0619. The fourth-order valence-corrected chi connectivity index (χ4v) is 3.73. The number of aliphatic imine (C=N–C) groups is 1. The smallest absolute Gasteiger partial charge is 0.273 e. The highest BCUT2D eigenvalue weighted by Crippen LogP contribution is 2.35. The lowest BCUT2D eigenvalue weighted by molar-refractivity contribution is -0.384. The molecule has 0 atom stereocenters. The van der Waals surface area contributed by atoms with Crippen LogP contribution in [0.5, 0.6) is 5.75 Å². The number of non-ortho nitro benzene ring substituents is 1. The van der Waals surface area contributed by atoms with Crippen molar-refractivity contribution in [2.45, 2.75) is 0 Å². The fraction of sp³-hybridized carbons (Fsp3) is 0.0435. The molecule has 5 rings (SSSR count). The van der Waals surface area contributed by atoms with E-state index >= 15 is 0 Å². The first-order valence-electron chi connectivity index (χ1n) is 9.71. The van der Waals surface area contributed by atoms with Gasteiger partial charge < -0.3 is 13.6 Å². The van der Waals surface area contributed by atoms with Crippen LogP contribution in [-0.4, -0.2) is 27.6 Å². The van der Waals surface area contributed by atoms with Gasteiger partial charge in [0.25, 0.3) is 5.69 Å². The molecular formula is C23H15BrN4O5. The number of methoxy groups -OCH3 is 1. The van der Waals surface area contributed by atoms with Crippen molar-refractivity contribution in [1.29, 1.82) is 0 Å². The van der Waals surface area contributed by atoms with Crippen LogP contribution in [0.15, 0.2) is 85.4 Å². The second-order valence-corrected chi connectivity index (χ2v) is 7.85. The molecule has 0 aliphatic carbocycles. The van der Waals surface area contributed by atoms with E-state index in [4.69, 9.17) is 13.6 Å². The van der Waals surface area contributed by atoms with Gasteiger partial charge in [0, 0.05) is 16.7 Å². The van der Waals surface area contributed by atoms with Crippen LogP contribution in [0.3, 0.4) is 0 Å². The summed E-state index contributed by atoms with van der Waals surface area (Å²) in [4.78, 5) is 19.8. The summed E-state index contributed by atoms with van der Waals surface area (Å²) >= 11 is 3.48. The van der Waals surface area contributed by atoms with Crippen LogP contribution in [0.4, 0.5) is 11.5 Å². The van der Waals surface area contributed by atoms with Crippen molar-refractivity contribution < 1.29 is 18.5 Å². The highest BCUT2D eigenvalue weighted by molar-refractivity contribution is 9.10. The number of pyridine rings is 1. The summed E-state index contributed by atoms with van der Waals surface area (Å²) in [5.41, 5.74) is 1.84. The molecule has 164 valence electrons. The van der Waals surface area contributed by atoms with Crippen molar-refractivity contribution in [2.24, 2.45) is 4.99 Å². The Hall–Kier alpha value is -4.18. The zero-order chi connectivity index (χ0) is 22.9. The van der Waals surface area contributed by atoms with Crippen LogP contribution in [0, 0.1) is 10.1 Å². The Bertz CT molecular complexity index is 1500. The molecule has 5 aromatic rings. The molecule has 0 unspecified atom stereocenters. The minimum Gasteiger partial charge on any atom is -0.496 e. The Morgan fingerprint density at radius 1 is 1.18 bits per heavy atom. The molecule has 0 N–H and O–H groups in total. The number of ether oxygens (including phenoxy) is 1. The average Bonchev–Trinajstić information content (AvgIpc) is 3.57. The molecule has 0 bridgehead atoms. The molecule has 0 radical (unpaired) electrons. The number of nitro benzene ring substituents is 1. The lowest BCUT2D eigenvalue weighted by Gasteiger charge is -2.05. The molecule has 0 fully saturated rings. The molecule has 0 aliphatic rings. The second-order valence-electron chi connectivity index (χ2n) is 6.94. The summed E-state index contributed by atoms with van der Waals surface area (Å²) in [5, 5.41) is 11.0. The highest BCUT2D eigenvalue weighted by atomic mass is 79.9. The summed E-state index contributed by atoms with van der Waals surface area (Å²) in [5.74, 6) is 2.50. The van der Waals surface area contributed by atoms with E-state index < -0.39 is 4.92 Å². The number of rotatable bonds is 6. The van der Waals surface area contributed by atoms with Gasteiger partial charge in [-0.3, -0.25) is 14.5 Å². The number of furan rings is 2. The monoisotopic (exact) mass is 506 g/mol. The molecule has 10 heteroatoms. The van der Waals surface area contributed by atoms with Gasteiger partial charge in [0.1, 0.15) is 22.9 Å². The zero-order valence-electron chi connectivity index (χ0n) is 17.1. The third-order valence-corrected chi connectivity index (χ3v) is 5.38. The Morgan fingerprint density at radius 2 is 2.06 bits per heavy atom. The van der Waals surface area contributed by atoms with Gasteiger partial charge in [-0.25, -0.2) is 9.98 Å². The van der Waals surface area contributed by atoms with Crippen LogP contribution in [0.1, 0.15) is 5.76 Å². The number of nitrogens with zero attached hydrogens (tertiary/aromatic N) is 4. The molecule has 0 aliphatic heterocycles. The second kappa shape index (κ2) is 8.40. The third-order valence-electron chi connectivity index (χ3n) is 4.91. The van der Waals surface area contributed by atoms with Crippen molar-refractivity contribution in [2.75, 3.05) is 7.11 Å². The average molecular weight is 507 g/mol. The van der Waals surface area contributed by atoms with Crippen LogP contribution in [0.2, 0.25) is 0 Å².